The van der Waals surface area contributed by atoms with Crippen molar-refractivity contribution in [2.75, 3.05) is 17.7 Å². The first-order valence-corrected chi connectivity index (χ1v) is 6.18. The standard InChI is InChI=1S/C16H15N3O/c1-11-14(4-3-5-15(11)18)16(20)19(2)13-8-6-12(10-17)7-9-13/h3-9H,18H2,1-2H3. The van der Waals surface area contributed by atoms with Gasteiger partial charge in [0.1, 0.15) is 0 Å². The molecule has 0 aromatic heterocycles. The van der Waals surface area contributed by atoms with E-state index in [2.05, 4.69) is 6.07 Å². The molecule has 100 valence electrons. The number of carbonyl (C=O) groups excluding carboxylic acids is 1. The molecule has 0 saturated heterocycles. The van der Waals surface area contributed by atoms with Crippen LogP contribution in [0.1, 0.15) is 21.5 Å². The first-order valence-electron chi connectivity index (χ1n) is 6.18. The van der Waals surface area contributed by atoms with E-state index in [1.165, 1.54) is 0 Å². The average molecular weight is 265 g/mol. The first kappa shape index (κ1) is 13.6. The molecule has 0 bridgehead atoms. The fourth-order valence-corrected chi connectivity index (χ4v) is 1.94. The predicted molar refractivity (Wildman–Crippen MR) is 79.5 cm³/mol. The van der Waals surface area contributed by atoms with Gasteiger partial charge < -0.3 is 10.6 Å². The minimum Gasteiger partial charge on any atom is -0.398 e. The lowest BCUT2D eigenvalue weighted by molar-refractivity contribution is 0.0992. The van der Waals surface area contributed by atoms with Crippen LogP contribution in [0.5, 0.6) is 0 Å². The fraction of sp³-hybridized carbons (Fsp3) is 0.125. The SMILES string of the molecule is Cc1c(N)cccc1C(=O)N(C)c1ccc(C#N)cc1. The zero-order chi connectivity index (χ0) is 14.7. The summed E-state index contributed by atoms with van der Waals surface area (Å²) in [5.41, 5.74) is 9.08. The van der Waals surface area contributed by atoms with Gasteiger partial charge in [0.05, 0.1) is 11.6 Å². The molecule has 2 aromatic rings. The minimum atomic E-state index is -0.125. The smallest absolute Gasteiger partial charge is 0.258 e. The molecular weight excluding hydrogens is 250 g/mol. The Hall–Kier alpha value is -2.80. The molecule has 0 aliphatic rings. The molecule has 0 spiro atoms. The Morgan fingerprint density at radius 3 is 2.45 bits per heavy atom. The Balaban J connectivity index is 2.32. The summed E-state index contributed by atoms with van der Waals surface area (Å²) in [5.74, 6) is -0.125. The lowest BCUT2D eigenvalue weighted by Crippen LogP contribution is -2.27. The van der Waals surface area contributed by atoms with Crippen LogP contribution >= 0.6 is 0 Å². The van der Waals surface area contributed by atoms with Crippen molar-refractivity contribution < 1.29 is 4.79 Å². The van der Waals surface area contributed by atoms with E-state index in [4.69, 9.17) is 11.0 Å². The molecule has 0 radical (unpaired) electrons. The number of carbonyl (C=O) groups is 1. The average Bonchev–Trinajstić information content (AvgIpc) is 2.48. The van der Waals surface area contributed by atoms with Crippen molar-refractivity contribution in [3.63, 3.8) is 0 Å². The number of nitrogens with zero attached hydrogens (tertiary/aromatic N) is 2. The van der Waals surface area contributed by atoms with Crippen molar-refractivity contribution in [2.45, 2.75) is 6.92 Å². The topological polar surface area (TPSA) is 70.1 Å². The van der Waals surface area contributed by atoms with Crippen LogP contribution in [0.15, 0.2) is 42.5 Å². The minimum absolute atomic E-state index is 0.125. The molecule has 0 aliphatic carbocycles. The van der Waals surface area contributed by atoms with Gasteiger partial charge in [-0.3, -0.25) is 4.79 Å². The summed E-state index contributed by atoms with van der Waals surface area (Å²) in [4.78, 5) is 14.0. The van der Waals surface area contributed by atoms with Gasteiger partial charge in [-0.05, 0) is 48.9 Å². The first-order chi connectivity index (χ1) is 9.54. The summed E-state index contributed by atoms with van der Waals surface area (Å²) >= 11 is 0. The summed E-state index contributed by atoms with van der Waals surface area (Å²) in [7, 11) is 1.70. The van der Waals surface area contributed by atoms with Crippen LogP contribution in [0, 0.1) is 18.3 Å². The van der Waals surface area contributed by atoms with Crippen molar-refractivity contribution >= 4 is 17.3 Å². The molecular formula is C16H15N3O. The van der Waals surface area contributed by atoms with Gasteiger partial charge in [0, 0.05) is 24.0 Å². The molecule has 2 aromatic carbocycles. The largest absolute Gasteiger partial charge is 0.398 e. The normalized spacial score (nSPS) is 9.85. The monoisotopic (exact) mass is 265 g/mol. The van der Waals surface area contributed by atoms with E-state index in [9.17, 15) is 4.79 Å². The van der Waals surface area contributed by atoms with Crippen LogP contribution in [0.2, 0.25) is 0 Å². The molecule has 1 amide bonds. The van der Waals surface area contributed by atoms with E-state index in [0.29, 0.717) is 16.8 Å². The van der Waals surface area contributed by atoms with Crippen molar-refractivity contribution in [2.24, 2.45) is 0 Å². The molecule has 2 rings (SSSR count). The van der Waals surface area contributed by atoms with Gasteiger partial charge in [-0.2, -0.15) is 5.26 Å². The van der Waals surface area contributed by atoms with Crippen molar-refractivity contribution in [3.8, 4) is 6.07 Å². The number of nitrogen functional groups attached to an aromatic ring is 1. The number of rotatable bonds is 2. The Bertz CT molecular complexity index is 684. The summed E-state index contributed by atoms with van der Waals surface area (Å²) in [6.07, 6.45) is 0. The predicted octanol–water partition coefficient (Wildman–Crippen LogP) is 2.73. The summed E-state index contributed by atoms with van der Waals surface area (Å²) in [6, 6.07) is 14.2. The maximum absolute atomic E-state index is 12.5. The summed E-state index contributed by atoms with van der Waals surface area (Å²) < 4.78 is 0. The number of hydrogen-bond donors (Lipinski definition) is 1. The van der Waals surface area contributed by atoms with Gasteiger partial charge in [-0.25, -0.2) is 0 Å². The molecule has 4 nitrogen and oxygen atoms in total. The highest BCUT2D eigenvalue weighted by atomic mass is 16.2. The van der Waals surface area contributed by atoms with E-state index in [1.807, 2.05) is 6.92 Å². The molecule has 0 saturated carbocycles. The van der Waals surface area contributed by atoms with Crippen molar-refractivity contribution in [1.29, 1.82) is 5.26 Å². The molecule has 0 heterocycles. The molecule has 4 heteroatoms. The number of benzene rings is 2. The number of nitriles is 1. The van der Waals surface area contributed by atoms with Gasteiger partial charge in [0.25, 0.3) is 5.91 Å². The number of hydrogen-bond acceptors (Lipinski definition) is 3. The van der Waals surface area contributed by atoms with Crippen molar-refractivity contribution in [3.05, 3.63) is 59.2 Å². The van der Waals surface area contributed by atoms with Crippen LogP contribution < -0.4 is 10.6 Å². The second-order valence-electron chi connectivity index (χ2n) is 4.54. The lowest BCUT2D eigenvalue weighted by atomic mass is 10.1. The van der Waals surface area contributed by atoms with Crippen LogP contribution in [0.25, 0.3) is 0 Å². The third-order valence-corrected chi connectivity index (χ3v) is 3.29. The van der Waals surface area contributed by atoms with Crippen LogP contribution in [-0.4, -0.2) is 13.0 Å². The molecule has 20 heavy (non-hydrogen) atoms. The molecule has 0 atom stereocenters. The quantitative estimate of drug-likeness (QED) is 0.849. The summed E-state index contributed by atoms with van der Waals surface area (Å²) in [6.45, 7) is 1.83. The summed E-state index contributed by atoms with van der Waals surface area (Å²) in [5, 5.41) is 8.78. The molecule has 0 fully saturated rings. The van der Waals surface area contributed by atoms with E-state index < -0.39 is 0 Å². The number of nitrogens with two attached hydrogens (primary N) is 1. The third kappa shape index (κ3) is 2.47. The second-order valence-corrected chi connectivity index (χ2v) is 4.54. The highest BCUT2D eigenvalue weighted by Crippen LogP contribution is 2.20. The highest BCUT2D eigenvalue weighted by Gasteiger charge is 2.16. The van der Waals surface area contributed by atoms with Crippen LogP contribution in [-0.2, 0) is 0 Å². The Labute approximate surface area is 118 Å². The van der Waals surface area contributed by atoms with Gasteiger partial charge >= 0.3 is 0 Å². The maximum atomic E-state index is 12.5. The van der Waals surface area contributed by atoms with E-state index in [1.54, 1.807) is 54.4 Å². The Morgan fingerprint density at radius 1 is 1.20 bits per heavy atom. The zero-order valence-electron chi connectivity index (χ0n) is 11.4. The zero-order valence-corrected chi connectivity index (χ0v) is 11.4. The fourth-order valence-electron chi connectivity index (χ4n) is 1.94. The van der Waals surface area contributed by atoms with E-state index in [0.717, 1.165) is 11.3 Å². The van der Waals surface area contributed by atoms with Gasteiger partial charge in [-0.15, -0.1) is 0 Å². The molecule has 2 N–H and O–H groups in total. The Kier molecular flexibility index (Phi) is 3.72. The number of anilines is 2. The van der Waals surface area contributed by atoms with E-state index >= 15 is 0 Å². The van der Waals surface area contributed by atoms with Gasteiger partial charge in [0.15, 0.2) is 0 Å². The van der Waals surface area contributed by atoms with Gasteiger partial charge in [0.2, 0.25) is 0 Å². The van der Waals surface area contributed by atoms with E-state index in [-0.39, 0.29) is 5.91 Å². The third-order valence-electron chi connectivity index (χ3n) is 3.29. The second kappa shape index (κ2) is 5.45. The molecule has 0 aliphatic heterocycles. The van der Waals surface area contributed by atoms with Crippen LogP contribution in [0.4, 0.5) is 11.4 Å². The lowest BCUT2D eigenvalue weighted by Gasteiger charge is -2.19. The van der Waals surface area contributed by atoms with Crippen molar-refractivity contribution in [1.82, 2.24) is 0 Å². The Morgan fingerprint density at radius 2 is 1.85 bits per heavy atom. The number of amides is 1. The molecule has 0 unspecified atom stereocenters. The highest BCUT2D eigenvalue weighted by molar-refractivity contribution is 6.07. The van der Waals surface area contributed by atoms with Gasteiger partial charge in [-0.1, -0.05) is 6.07 Å². The van der Waals surface area contributed by atoms with Crippen LogP contribution in [0.3, 0.4) is 0 Å². The maximum Gasteiger partial charge on any atom is 0.258 e.